The van der Waals surface area contributed by atoms with Crippen LogP contribution in [0.2, 0.25) is 0 Å². The third-order valence-electron chi connectivity index (χ3n) is 3.84. The van der Waals surface area contributed by atoms with Crippen LogP contribution in [0, 0.1) is 5.92 Å². The van der Waals surface area contributed by atoms with E-state index in [1.54, 1.807) is 0 Å². The largest absolute Gasteiger partial charge is 0.299 e. The summed E-state index contributed by atoms with van der Waals surface area (Å²) in [4.78, 5) is 12.1. The Labute approximate surface area is 118 Å². The Balaban J connectivity index is 1.86. The first-order valence-electron chi connectivity index (χ1n) is 7.01. The summed E-state index contributed by atoms with van der Waals surface area (Å²) in [5.74, 6) is 1.04. The molecule has 1 nitrogen and oxygen atoms in total. The van der Waals surface area contributed by atoms with E-state index in [9.17, 15) is 4.79 Å². The lowest BCUT2D eigenvalue weighted by Crippen LogP contribution is -2.10. The van der Waals surface area contributed by atoms with Crippen LogP contribution in [0.4, 0.5) is 0 Å². The molecule has 1 fully saturated rings. The Morgan fingerprint density at radius 2 is 1.78 bits per heavy atom. The van der Waals surface area contributed by atoms with Crippen LogP contribution in [0.15, 0.2) is 28.7 Å². The lowest BCUT2D eigenvalue weighted by atomic mass is 9.92. The van der Waals surface area contributed by atoms with Crippen LogP contribution in [0.1, 0.15) is 50.5 Å². The summed E-state index contributed by atoms with van der Waals surface area (Å²) in [5, 5.41) is 0. The molecule has 0 spiro atoms. The molecular formula is C16H21BrO. The molecule has 2 rings (SSSR count). The molecule has 0 heterocycles. The maximum Gasteiger partial charge on any atom is 0.137 e. The van der Waals surface area contributed by atoms with Crippen molar-refractivity contribution in [1.29, 1.82) is 0 Å². The lowest BCUT2D eigenvalue weighted by molar-refractivity contribution is -0.119. The van der Waals surface area contributed by atoms with Crippen molar-refractivity contribution >= 4 is 21.7 Å². The zero-order valence-electron chi connectivity index (χ0n) is 10.8. The van der Waals surface area contributed by atoms with Crippen molar-refractivity contribution in [2.45, 2.75) is 51.4 Å². The molecule has 0 N–H and O–H groups in total. The average Bonchev–Trinajstić information content (AvgIpc) is 2.61. The van der Waals surface area contributed by atoms with Crippen LogP contribution < -0.4 is 0 Å². The van der Waals surface area contributed by atoms with Crippen molar-refractivity contribution in [2.24, 2.45) is 5.92 Å². The average molecular weight is 309 g/mol. The predicted octanol–water partition coefficient (Wildman–Crippen LogP) is 4.92. The normalized spacial score (nSPS) is 17.4. The minimum Gasteiger partial charge on any atom is -0.299 e. The number of hydrogen-bond donors (Lipinski definition) is 0. The number of carbonyl (C=O) groups excluding carboxylic acids is 1. The van der Waals surface area contributed by atoms with Gasteiger partial charge in [0.15, 0.2) is 0 Å². The summed E-state index contributed by atoms with van der Waals surface area (Å²) in [6.45, 7) is 0. The van der Waals surface area contributed by atoms with Crippen LogP contribution in [-0.4, -0.2) is 5.78 Å². The van der Waals surface area contributed by atoms with E-state index in [1.807, 2.05) is 24.3 Å². The number of rotatable bonds is 4. The molecule has 1 aromatic carbocycles. The van der Waals surface area contributed by atoms with E-state index in [2.05, 4.69) is 15.9 Å². The Morgan fingerprint density at radius 3 is 2.44 bits per heavy atom. The molecule has 0 saturated heterocycles. The molecule has 1 saturated carbocycles. The Bertz CT molecular complexity index is 392. The van der Waals surface area contributed by atoms with Gasteiger partial charge in [0.2, 0.25) is 0 Å². The number of carbonyl (C=O) groups is 1. The van der Waals surface area contributed by atoms with Crippen LogP contribution in [0.25, 0.3) is 0 Å². The summed E-state index contributed by atoms with van der Waals surface area (Å²) >= 11 is 3.51. The molecule has 0 amide bonds. The van der Waals surface area contributed by atoms with Crippen LogP contribution >= 0.6 is 15.9 Å². The maximum absolute atomic E-state index is 12.1. The molecular weight excluding hydrogens is 288 g/mol. The van der Waals surface area contributed by atoms with Crippen molar-refractivity contribution in [3.05, 3.63) is 34.3 Å². The third kappa shape index (κ3) is 4.24. The minimum absolute atomic E-state index is 0.397. The number of benzene rings is 1. The second kappa shape index (κ2) is 7.08. The first kappa shape index (κ1) is 13.8. The number of hydrogen-bond acceptors (Lipinski definition) is 1. The second-order valence-corrected chi connectivity index (χ2v) is 6.22. The zero-order valence-corrected chi connectivity index (χ0v) is 12.4. The van der Waals surface area contributed by atoms with E-state index in [-0.39, 0.29) is 0 Å². The van der Waals surface area contributed by atoms with Gasteiger partial charge in [0.1, 0.15) is 5.78 Å². The predicted molar refractivity (Wildman–Crippen MR) is 78.7 cm³/mol. The van der Waals surface area contributed by atoms with Crippen LogP contribution in [0.5, 0.6) is 0 Å². The van der Waals surface area contributed by atoms with E-state index in [4.69, 9.17) is 0 Å². The fourth-order valence-corrected chi connectivity index (χ4v) is 3.24. The van der Waals surface area contributed by atoms with Gasteiger partial charge in [0.05, 0.1) is 0 Å². The van der Waals surface area contributed by atoms with Crippen LogP contribution in [-0.2, 0) is 11.2 Å². The molecule has 0 bridgehead atoms. The van der Waals surface area contributed by atoms with Crippen molar-refractivity contribution in [3.8, 4) is 0 Å². The number of Topliss-reactive ketones (excluding diaryl/α,β-unsaturated/α-hetero) is 1. The van der Waals surface area contributed by atoms with Gasteiger partial charge in [-0.1, -0.05) is 72.7 Å². The molecule has 98 valence electrons. The summed E-state index contributed by atoms with van der Waals surface area (Å²) in [6, 6.07) is 8.03. The standard InChI is InChI=1S/C16H21BrO/c17-16-10-6-5-9-14(16)12-15(18)11-13-7-3-1-2-4-8-13/h5-6,9-10,13H,1-4,7-8,11-12H2. The first-order valence-corrected chi connectivity index (χ1v) is 7.80. The Morgan fingerprint density at radius 1 is 1.11 bits per heavy atom. The van der Waals surface area contributed by atoms with E-state index in [1.165, 1.54) is 38.5 Å². The molecule has 1 aliphatic carbocycles. The third-order valence-corrected chi connectivity index (χ3v) is 4.61. The van der Waals surface area contributed by atoms with Gasteiger partial charge in [0, 0.05) is 17.3 Å². The quantitative estimate of drug-likeness (QED) is 0.721. The summed E-state index contributed by atoms with van der Waals surface area (Å²) in [6.07, 6.45) is 9.20. The van der Waals surface area contributed by atoms with Crippen LogP contribution in [0.3, 0.4) is 0 Å². The van der Waals surface area contributed by atoms with Gasteiger partial charge in [-0.05, 0) is 17.5 Å². The van der Waals surface area contributed by atoms with Gasteiger partial charge >= 0.3 is 0 Å². The Hall–Kier alpha value is -0.630. The van der Waals surface area contributed by atoms with E-state index >= 15 is 0 Å². The fourth-order valence-electron chi connectivity index (χ4n) is 2.82. The van der Waals surface area contributed by atoms with Gasteiger partial charge in [-0.25, -0.2) is 0 Å². The van der Waals surface area contributed by atoms with E-state index in [0.29, 0.717) is 18.1 Å². The first-order chi connectivity index (χ1) is 8.75. The summed E-state index contributed by atoms with van der Waals surface area (Å²) < 4.78 is 1.05. The summed E-state index contributed by atoms with van der Waals surface area (Å²) in [7, 11) is 0. The van der Waals surface area contributed by atoms with E-state index < -0.39 is 0 Å². The Kier molecular flexibility index (Phi) is 5.43. The second-order valence-electron chi connectivity index (χ2n) is 5.37. The van der Waals surface area contributed by atoms with Gasteiger partial charge in [0.25, 0.3) is 0 Å². The molecule has 0 aromatic heterocycles. The molecule has 1 aromatic rings. The van der Waals surface area contributed by atoms with Crippen molar-refractivity contribution in [1.82, 2.24) is 0 Å². The maximum atomic E-state index is 12.1. The number of halogens is 1. The monoisotopic (exact) mass is 308 g/mol. The van der Waals surface area contributed by atoms with E-state index in [0.717, 1.165) is 16.5 Å². The summed E-state index contributed by atoms with van der Waals surface area (Å²) in [5.41, 5.74) is 1.12. The highest BCUT2D eigenvalue weighted by Gasteiger charge is 2.16. The minimum atomic E-state index is 0.397. The lowest BCUT2D eigenvalue weighted by Gasteiger charge is -2.13. The molecule has 18 heavy (non-hydrogen) atoms. The molecule has 0 atom stereocenters. The van der Waals surface area contributed by atoms with Crippen molar-refractivity contribution in [3.63, 3.8) is 0 Å². The van der Waals surface area contributed by atoms with Crippen molar-refractivity contribution < 1.29 is 4.79 Å². The highest BCUT2D eigenvalue weighted by molar-refractivity contribution is 9.10. The smallest absolute Gasteiger partial charge is 0.137 e. The zero-order chi connectivity index (χ0) is 12.8. The molecule has 0 aliphatic heterocycles. The van der Waals surface area contributed by atoms with Gasteiger partial charge in [-0.2, -0.15) is 0 Å². The van der Waals surface area contributed by atoms with Gasteiger partial charge in [-0.3, -0.25) is 4.79 Å². The van der Waals surface area contributed by atoms with Crippen molar-refractivity contribution in [2.75, 3.05) is 0 Å². The van der Waals surface area contributed by atoms with Gasteiger partial charge < -0.3 is 0 Å². The molecule has 0 radical (unpaired) electrons. The number of ketones is 1. The SMILES string of the molecule is O=C(Cc1ccccc1Br)CC1CCCCCC1. The highest BCUT2D eigenvalue weighted by atomic mass is 79.9. The molecule has 2 heteroatoms. The van der Waals surface area contributed by atoms with Gasteiger partial charge in [-0.15, -0.1) is 0 Å². The molecule has 1 aliphatic rings. The molecule has 0 unspecified atom stereocenters. The topological polar surface area (TPSA) is 17.1 Å². The highest BCUT2D eigenvalue weighted by Crippen LogP contribution is 2.26. The fraction of sp³-hybridized carbons (Fsp3) is 0.562.